The number of aryl methyl sites for hydroxylation is 1. The van der Waals surface area contributed by atoms with Gasteiger partial charge in [-0.1, -0.05) is 76.9 Å². The molecule has 0 aliphatic carbocycles. The van der Waals surface area contributed by atoms with Gasteiger partial charge in [-0.05, 0) is 72.3 Å². The lowest BCUT2D eigenvalue weighted by atomic mass is 9.86. The normalized spacial score (nSPS) is 13.8. The number of unbranched alkanes of at least 4 members (excludes halogenated alkanes) is 2. The van der Waals surface area contributed by atoms with Gasteiger partial charge in [-0.3, -0.25) is 19.3 Å². The molecular formula is C40H49N5O3. The summed E-state index contributed by atoms with van der Waals surface area (Å²) in [6, 6.07) is 20.9. The molecule has 4 aromatic rings. The molecule has 1 N–H and O–H groups in total. The first-order valence-electron chi connectivity index (χ1n) is 17.1. The molecule has 1 fully saturated rings. The molecule has 1 saturated heterocycles. The Morgan fingerprint density at radius 1 is 0.875 bits per heavy atom. The highest BCUT2D eigenvalue weighted by atomic mass is 16.2. The maximum absolute atomic E-state index is 13.2. The Balaban J connectivity index is 1.28. The van der Waals surface area contributed by atoms with Gasteiger partial charge in [-0.15, -0.1) is 0 Å². The van der Waals surface area contributed by atoms with Crippen molar-refractivity contribution in [1.29, 1.82) is 0 Å². The molecule has 1 aliphatic heterocycles. The lowest BCUT2D eigenvalue weighted by Gasteiger charge is -2.34. The van der Waals surface area contributed by atoms with E-state index in [1.807, 2.05) is 78.6 Å². The highest BCUT2D eigenvalue weighted by Gasteiger charge is 2.22. The van der Waals surface area contributed by atoms with Gasteiger partial charge < -0.3 is 14.8 Å². The molecule has 0 bridgehead atoms. The van der Waals surface area contributed by atoms with E-state index < -0.39 is 0 Å². The predicted molar refractivity (Wildman–Crippen MR) is 194 cm³/mol. The van der Waals surface area contributed by atoms with Crippen LogP contribution in [0.1, 0.15) is 90.1 Å². The van der Waals surface area contributed by atoms with Gasteiger partial charge in [-0.2, -0.15) is 0 Å². The van der Waals surface area contributed by atoms with Crippen molar-refractivity contribution in [1.82, 2.24) is 19.4 Å². The molecule has 252 valence electrons. The van der Waals surface area contributed by atoms with Crippen LogP contribution >= 0.6 is 0 Å². The number of benzene rings is 3. The highest BCUT2D eigenvalue weighted by molar-refractivity contribution is 6.05. The summed E-state index contributed by atoms with van der Waals surface area (Å²) in [5, 5.41) is 3.06. The van der Waals surface area contributed by atoms with Crippen LogP contribution in [0, 0.1) is 6.92 Å². The molecule has 0 atom stereocenters. The third-order valence-electron chi connectivity index (χ3n) is 9.32. The largest absolute Gasteiger partial charge is 0.336 e. The summed E-state index contributed by atoms with van der Waals surface area (Å²) in [5.41, 5.74) is 6.60. The molecule has 0 spiro atoms. The molecule has 1 aromatic heterocycles. The Kier molecular flexibility index (Phi) is 10.9. The van der Waals surface area contributed by atoms with Crippen molar-refractivity contribution < 1.29 is 9.59 Å². The monoisotopic (exact) mass is 647 g/mol. The number of carbonyl (C=O) groups excluding carboxylic acids is 2. The van der Waals surface area contributed by atoms with Crippen molar-refractivity contribution in [3.63, 3.8) is 0 Å². The SMILES string of the molecule is CCCCCN1CCN(C(=O)c2ccc(Cc3nc(-c4cccc(NC(=O)c5ccc(C(C)(C)C)cc5)c4C)cn(C)c3=O)cc2)CC1. The second-order valence-corrected chi connectivity index (χ2v) is 14.0. The van der Waals surface area contributed by atoms with E-state index in [2.05, 4.69) is 37.9 Å². The van der Waals surface area contributed by atoms with Crippen molar-refractivity contribution in [2.75, 3.05) is 38.0 Å². The number of amides is 2. The number of hydrogen-bond donors (Lipinski definition) is 1. The molecule has 3 aromatic carbocycles. The molecule has 1 aliphatic rings. The number of piperazine rings is 1. The fraction of sp³-hybridized carbons (Fsp3) is 0.400. The van der Waals surface area contributed by atoms with Crippen molar-refractivity contribution in [3.8, 4) is 11.3 Å². The van der Waals surface area contributed by atoms with Crippen LogP contribution in [-0.4, -0.2) is 63.9 Å². The molecular weight excluding hydrogens is 598 g/mol. The Hall–Kier alpha value is -4.56. The van der Waals surface area contributed by atoms with E-state index in [4.69, 9.17) is 4.98 Å². The van der Waals surface area contributed by atoms with Crippen LogP contribution in [0.15, 0.2) is 77.7 Å². The minimum atomic E-state index is -0.184. The van der Waals surface area contributed by atoms with Crippen LogP contribution < -0.4 is 10.9 Å². The number of rotatable bonds is 10. The van der Waals surface area contributed by atoms with E-state index in [1.165, 1.54) is 24.8 Å². The van der Waals surface area contributed by atoms with Crippen molar-refractivity contribution in [2.45, 2.75) is 65.7 Å². The van der Waals surface area contributed by atoms with Gasteiger partial charge in [0.25, 0.3) is 17.4 Å². The Bertz CT molecular complexity index is 1800. The molecule has 8 heteroatoms. The summed E-state index contributed by atoms with van der Waals surface area (Å²) in [4.78, 5) is 48.7. The van der Waals surface area contributed by atoms with Crippen LogP contribution in [-0.2, 0) is 18.9 Å². The minimum absolute atomic E-state index is 0.00737. The van der Waals surface area contributed by atoms with Gasteiger partial charge in [0.15, 0.2) is 0 Å². The fourth-order valence-corrected chi connectivity index (χ4v) is 6.18. The standard InChI is InChI=1S/C40H49N5O3/c1-7-8-9-21-44-22-24-45(25-23-44)38(47)31-15-13-29(14-16-31)26-35-39(48)43(6)27-36(41-35)33-11-10-12-34(28(33)2)42-37(46)30-17-19-32(20-18-30)40(3,4)5/h10-20,27H,7-9,21-26H2,1-6H3,(H,42,46). The van der Waals surface area contributed by atoms with E-state index in [0.29, 0.717) is 34.6 Å². The van der Waals surface area contributed by atoms with Gasteiger partial charge in [0, 0.05) is 68.2 Å². The number of nitrogens with zero attached hydrogens (tertiary/aromatic N) is 4. The fourth-order valence-electron chi connectivity index (χ4n) is 6.18. The predicted octanol–water partition coefficient (Wildman–Crippen LogP) is 6.84. The zero-order valence-corrected chi connectivity index (χ0v) is 29.3. The van der Waals surface area contributed by atoms with Gasteiger partial charge in [0.05, 0.1) is 5.69 Å². The summed E-state index contributed by atoms with van der Waals surface area (Å²) in [5.74, 6) is -0.133. The van der Waals surface area contributed by atoms with Crippen LogP contribution in [0.25, 0.3) is 11.3 Å². The summed E-state index contributed by atoms with van der Waals surface area (Å²) >= 11 is 0. The van der Waals surface area contributed by atoms with Crippen LogP contribution in [0.4, 0.5) is 5.69 Å². The second-order valence-electron chi connectivity index (χ2n) is 14.0. The number of hydrogen-bond acceptors (Lipinski definition) is 5. The lowest BCUT2D eigenvalue weighted by molar-refractivity contribution is 0.0635. The quantitative estimate of drug-likeness (QED) is 0.191. The molecule has 0 radical (unpaired) electrons. The smallest absolute Gasteiger partial charge is 0.272 e. The maximum atomic E-state index is 13.2. The Labute approximate surface area is 284 Å². The second kappa shape index (κ2) is 15.1. The van der Waals surface area contributed by atoms with E-state index in [-0.39, 0.29) is 22.8 Å². The molecule has 48 heavy (non-hydrogen) atoms. The van der Waals surface area contributed by atoms with E-state index >= 15 is 0 Å². The van der Waals surface area contributed by atoms with Gasteiger partial charge in [-0.25, -0.2) is 4.98 Å². The summed E-state index contributed by atoms with van der Waals surface area (Å²) in [6.45, 7) is 15.0. The average molecular weight is 648 g/mol. The minimum Gasteiger partial charge on any atom is -0.336 e. The molecule has 5 rings (SSSR count). The summed E-state index contributed by atoms with van der Waals surface area (Å²) < 4.78 is 1.55. The van der Waals surface area contributed by atoms with Gasteiger partial charge in [0.2, 0.25) is 0 Å². The molecule has 8 nitrogen and oxygen atoms in total. The number of carbonyl (C=O) groups is 2. The van der Waals surface area contributed by atoms with E-state index in [9.17, 15) is 14.4 Å². The van der Waals surface area contributed by atoms with Crippen LogP contribution in [0.5, 0.6) is 0 Å². The lowest BCUT2D eigenvalue weighted by Crippen LogP contribution is -2.48. The van der Waals surface area contributed by atoms with E-state index in [1.54, 1.807) is 17.8 Å². The number of nitrogens with one attached hydrogen (secondary N) is 1. The number of aromatic nitrogens is 2. The maximum Gasteiger partial charge on any atom is 0.272 e. The zero-order chi connectivity index (χ0) is 34.4. The third kappa shape index (κ3) is 8.29. The first-order chi connectivity index (χ1) is 22.9. The first kappa shape index (κ1) is 34.8. The molecule has 0 saturated carbocycles. The van der Waals surface area contributed by atoms with Gasteiger partial charge in [0.1, 0.15) is 5.69 Å². The zero-order valence-electron chi connectivity index (χ0n) is 29.3. The topological polar surface area (TPSA) is 87.5 Å². The first-order valence-corrected chi connectivity index (χ1v) is 17.1. The van der Waals surface area contributed by atoms with E-state index in [0.717, 1.165) is 49.4 Å². The van der Waals surface area contributed by atoms with Crippen LogP contribution in [0.3, 0.4) is 0 Å². The van der Waals surface area contributed by atoms with Gasteiger partial charge >= 0.3 is 0 Å². The van der Waals surface area contributed by atoms with Crippen LogP contribution in [0.2, 0.25) is 0 Å². The molecule has 2 heterocycles. The average Bonchev–Trinajstić information content (AvgIpc) is 3.08. The highest BCUT2D eigenvalue weighted by Crippen LogP contribution is 2.28. The van der Waals surface area contributed by atoms with Crippen molar-refractivity contribution >= 4 is 17.5 Å². The summed E-state index contributed by atoms with van der Waals surface area (Å²) in [6.07, 6.45) is 5.75. The number of anilines is 1. The van der Waals surface area contributed by atoms with Crippen molar-refractivity contribution in [2.24, 2.45) is 7.05 Å². The molecule has 2 amide bonds. The van der Waals surface area contributed by atoms with Crippen molar-refractivity contribution in [3.05, 3.63) is 117 Å². The Morgan fingerprint density at radius 2 is 1.54 bits per heavy atom. The third-order valence-corrected chi connectivity index (χ3v) is 9.32. The summed E-state index contributed by atoms with van der Waals surface area (Å²) in [7, 11) is 1.73. The molecule has 0 unspecified atom stereocenters. The Morgan fingerprint density at radius 3 is 2.19 bits per heavy atom.